The maximum absolute atomic E-state index is 8.71. The molecule has 0 atom stereocenters. The predicted octanol–water partition coefficient (Wildman–Crippen LogP) is 1.28. The van der Waals surface area contributed by atoms with Crippen molar-refractivity contribution in [2.75, 3.05) is 0 Å². The van der Waals surface area contributed by atoms with Gasteiger partial charge < -0.3 is 15.3 Å². The molecule has 5 heteroatoms. The number of benzene rings is 1. The minimum Gasteiger partial charge on any atom is -0.504 e. The zero-order chi connectivity index (χ0) is 11.1. The molecule has 0 aliphatic carbocycles. The third-order valence-corrected chi connectivity index (χ3v) is 1.47. The van der Waals surface area contributed by atoms with Crippen molar-refractivity contribution in [3.05, 3.63) is 43.0 Å². The van der Waals surface area contributed by atoms with Gasteiger partial charge >= 0.3 is 0 Å². The average Bonchev–Trinajstić information content (AvgIpc) is 2.29. The fourth-order valence-corrected chi connectivity index (χ4v) is 0.773. The van der Waals surface area contributed by atoms with Crippen LogP contribution in [0.5, 0.6) is 17.2 Å². The average molecular weight is 206 g/mol. The van der Waals surface area contributed by atoms with E-state index in [0.717, 1.165) is 0 Å². The molecule has 3 N–H and O–H groups in total. The van der Waals surface area contributed by atoms with E-state index >= 15 is 0 Å². The maximum Gasteiger partial charge on any atom is 0.200 e. The summed E-state index contributed by atoms with van der Waals surface area (Å²) < 4.78 is 0. The number of para-hydroxylation sites is 1. The van der Waals surface area contributed by atoms with Gasteiger partial charge in [-0.3, -0.25) is 0 Å². The maximum atomic E-state index is 8.71. The Morgan fingerprint density at radius 3 is 1.60 bits per heavy atom. The van der Waals surface area contributed by atoms with Crippen LogP contribution in [0.1, 0.15) is 0 Å². The first kappa shape index (κ1) is 10.8. The van der Waals surface area contributed by atoms with Crippen LogP contribution in [0.4, 0.5) is 0 Å². The molecule has 0 amide bonds. The van der Waals surface area contributed by atoms with Crippen molar-refractivity contribution in [3.8, 4) is 17.2 Å². The zero-order valence-electron chi connectivity index (χ0n) is 7.78. The van der Waals surface area contributed by atoms with E-state index < -0.39 is 5.75 Å². The minimum atomic E-state index is -0.475. The quantitative estimate of drug-likeness (QED) is 0.565. The number of aromatic hydroxyl groups is 3. The van der Waals surface area contributed by atoms with Gasteiger partial charge in [-0.2, -0.15) is 0 Å². The second-order valence-electron chi connectivity index (χ2n) is 2.55. The topological polar surface area (TPSA) is 86.5 Å². The summed E-state index contributed by atoms with van der Waals surface area (Å²) in [7, 11) is 0. The van der Waals surface area contributed by atoms with E-state index in [0.29, 0.717) is 0 Å². The molecule has 1 aromatic carbocycles. The molecule has 0 radical (unpaired) electrons. The Bertz CT molecular complexity index is 360. The van der Waals surface area contributed by atoms with Crippen molar-refractivity contribution in [2.45, 2.75) is 0 Å². The van der Waals surface area contributed by atoms with Crippen molar-refractivity contribution < 1.29 is 15.3 Å². The summed E-state index contributed by atoms with van der Waals surface area (Å²) in [6.07, 6.45) is 4.88. The first-order valence-electron chi connectivity index (χ1n) is 4.11. The number of phenolic OH excluding ortho intramolecular Hbond substituents is 3. The van der Waals surface area contributed by atoms with E-state index in [1.807, 2.05) is 0 Å². The largest absolute Gasteiger partial charge is 0.504 e. The Kier molecular flexibility index (Phi) is 3.91. The van der Waals surface area contributed by atoms with E-state index in [4.69, 9.17) is 15.3 Å². The third-order valence-electron chi connectivity index (χ3n) is 1.47. The van der Waals surface area contributed by atoms with Gasteiger partial charge in [0.25, 0.3) is 0 Å². The molecule has 2 aromatic rings. The lowest BCUT2D eigenvalue weighted by atomic mass is 10.3. The third kappa shape index (κ3) is 3.51. The Labute approximate surface area is 86.3 Å². The Morgan fingerprint density at radius 1 is 0.800 bits per heavy atom. The number of hydrogen-bond donors (Lipinski definition) is 3. The molecule has 0 aliphatic heterocycles. The lowest BCUT2D eigenvalue weighted by Gasteiger charge is -1.96. The van der Waals surface area contributed by atoms with Gasteiger partial charge in [0, 0.05) is 12.4 Å². The fourth-order valence-electron chi connectivity index (χ4n) is 0.773. The highest BCUT2D eigenvalue weighted by Gasteiger charge is 2.00. The van der Waals surface area contributed by atoms with Crippen LogP contribution in [0.15, 0.2) is 43.0 Å². The van der Waals surface area contributed by atoms with E-state index in [-0.39, 0.29) is 11.5 Å². The van der Waals surface area contributed by atoms with Crippen LogP contribution in [0.3, 0.4) is 0 Å². The van der Waals surface area contributed by atoms with Gasteiger partial charge in [-0.1, -0.05) is 6.07 Å². The number of phenols is 3. The zero-order valence-corrected chi connectivity index (χ0v) is 7.78. The second-order valence-corrected chi connectivity index (χ2v) is 2.55. The molecule has 0 fully saturated rings. The van der Waals surface area contributed by atoms with Crippen LogP contribution >= 0.6 is 0 Å². The molecule has 0 unspecified atom stereocenters. The van der Waals surface area contributed by atoms with Crippen molar-refractivity contribution in [2.24, 2.45) is 0 Å². The number of hydrogen-bond acceptors (Lipinski definition) is 5. The van der Waals surface area contributed by atoms with Gasteiger partial charge in [-0.25, -0.2) is 9.97 Å². The van der Waals surface area contributed by atoms with Crippen molar-refractivity contribution >= 4 is 0 Å². The number of rotatable bonds is 0. The smallest absolute Gasteiger partial charge is 0.200 e. The van der Waals surface area contributed by atoms with E-state index in [1.165, 1.54) is 24.5 Å². The minimum absolute atomic E-state index is 0.310. The predicted molar refractivity (Wildman–Crippen MR) is 53.5 cm³/mol. The van der Waals surface area contributed by atoms with Gasteiger partial charge in [0.2, 0.25) is 0 Å². The summed E-state index contributed by atoms with van der Waals surface area (Å²) in [6, 6.07) is 5.79. The molecule has 1 heterocycles. The molecule has 1 aromatic heterocycles. The lowest BCUT2D eigenvalue weighted by Crippen LogP contribution is -1.67. The van der Waals surface area contributed by atoms with Crippen LogP contribution in [-0.4, -0.2) is 25.3 Å². The molecule has 0 aliphatic rings. The fraction of sp³-hybridized carbons (Fsp3) is 0. The summed E-state index contributed by atoms with van der Waals surface area (Å²) in [6.45, 7) is 0. The van der Waals surface area contributed by atoms with Crippen LogP contribution in [-0.2, 0) is 0 Å². The molecule has 0 bridgehead atoms. The summed E-state index contributed by atoms with van der Waals surface area (Å²) in [5, 5.41) is 26.1. The van der Waals surface area contributed by atoms with E-state index in [2.05, 4.69) is 9.97 Å². The molecule has 2 rings (SSSR count). The second kappa shape index (κ2) is 5.43. The van der Waals surface area contributed by atoms with Crippen molar-refractivity contribution in [1.82, 2.24) is 9.97 Å². The summed E-state index contributed by atoms with van der Waals surface area (Å²) >= 11 is 0. The normalized spacial score (nSPS) is 8.80. The standard InChI is InChI=1S/C6H6O3.C4H4N2/c7-4-2-1-3-5(8)6(4)9;1-2-5-4-6-3-1/h1-3,7-9H;1-4H. The SMILES string of the molecule is Oc1cccc(O)c1O.c1cncnc1. The number of nitrogens with zero attached hydrogens (tertiary/aromatic N) is 2. The van der Waals surface area contributed by atoms with E-state index in [1.54, 1.807) is 18.5 Å². The molecule has 15 heavy (non-hydrogen) atoms. The van der Waals surface area contributed by atoms with Gasteiger partial charge in [-0.05, 0) is 18.2 Å². The molecular formula is C10H10N2O3. The Hall–Kier alpha value is -2.30. The summed E-state index contributed by atoms with van der Waals surface area (Å²) in [5.41, 5.74) is 0. The number of aromatic nitrogens is 2. The van der Waals surface area contributed by atoms with Gasteiger partial charge in [0.05, 0.1) is 0 Å². The van der Waals surface area contributed by atoms with Crippen LogP contribution < -0.4 is 0 Å². The lowest BCUT2D eigenvalue weighted by molar-refractivity contribution is 0.368. The van der Waals surface area contributed by atoms with Crippen LogP contribution in [0.25, 0.3) is 0 Å². The van der Waals surface area contributed by atoms with Crippen LogP contribution in [0.2, 0.25) is 0 Å². The molecule has 0 spiro atoms. The van der Waals surface area contributed by atoms with Crippen LogP contribution in [0, 0.1) is 0 Å². The molecule has 5 nitrogen and oxygen atoms in total. The van der Waals surface area contributed by atoms with Crippen molar-refractivity contribution in [3.63, 3.8) is 0 Å². The molecule has 0 saturated heterocycles. The highest BCUT2D eigenvalue weighted by molar-refractivity contribution is 5.47. The highest BCUT2D eigenvalue weighted by atomic mass is 16.3. The van der Waals surface area contributed by atoms with Crippen molar-refractivity contribution in [1.29, 1.82) is 0 Å². The molecule has 0 saturated carbocycles. The highest BCUT2D eigenvalue weighted by Crippen LogP contribution is 2.32. The van der Waals surface area contributed by atoms with Gasteiger partial charge in [-0.15, -0.1) is 0 Å². The summed E-state index contributed by atoms with van der Waals surface area (Å²) in [5.74, 6) is -1.09. The molecule has 78 valence electrons. The molecular weight excluding hydrogens is 196 g/mol. The van der Waals surface area contributed by atoms with E-state index in [9.17, 15) is 0 Å². The monoisotopic (exact) mass is 206 g/mol. The summed E-state index contributed by atoms with van der Waals surface area (Å²) in [4.78, 5) is 7.35. The van der Waals surface area contributed by atoms with Gasteiger partial charge in [0.1, 0.15) is 6.33 Å². The Morgan fingerprint density at radius 2 is 1.33 bits per heavy atom. The van der Waals surface area contributed by atoms with Gasteiger partial charge in [0.15, 0.2) is 17.2 Å². The first-order chi connectivity index (χ1) is 7.22. The Balaban J connectivity index is 0.000000162. The first-order valence-corrected chi connectivity index (χ1v) is 4.11.